The number of nitrogens with zero attached hydrogens (tertiary/aromatic N) is 1. The number of rotatable bonds is 2. The van der Waals surface area contributed by atoms with Crippen molar-refractivity contribution < 1.29 is 4.79 Å². The Morgan fingerprint density at radius 1 is 1.29 bits per heavy atom. The van der Waals surface area contributed by atoms with Gasteiger partial charge in [0.2, 0.25) is 5.91 Å². The molecule has 1 aromatic rings. The molecule has 17 heavy (non-hydrogen) atoms. The Labute approximate surface area is 102 Å². The van der Waals surface area contributed by atoms with Gasteiger partial charge in [0, 0.05) is 24.7 Å². The molecule has 1 atom stereocenters. The highest BCUT2D eigenvalue weighted by Gasteiger charge is 2.27. The first kappa shape index (κ1) is 10.8. The van der Waals surface area contributed by atoms with Crippen molar-refractivity contribution in [3.05, 3.63) is 29.8 Å². The lowest BCUT2D eigenvalue weighted by Gasteiger charge is -2.31. The summed E-state index contributed by atoms with van der Waals surface area (Å²) in [7, 11) is 0. The van der Waals surface area contributed by atoms with Crippen molar-refractivity contribution >= 4 is 11.6 Å². The van der Waals surface area contributed by atoms with E-state index in [-0.39, 0.29) is 5.91 Å². The van der Waals surface area contributed by atoms with Crippen molar-refractivity contribution in [3.8, 4) is 0 Å². The van der Waals surface area contributed by atoms with E-state index in [1.165, 1.54) is 18.4 Å². The van der Waals surface area contributed by atoms with Crippen LogP contribution in [0.15, 0.2) is 24.3 Å². The van der Waals surface area contributed by atoms with E-state index in [9.17, 15) is 4.79 Å². The summed E-state index contributed by atoms with van der Waals surface area (Å²) in [5.41, 5.74) is 2.43. The predicted molar refractivity (Wildman–Crippen MR) is 68.1 cm³/mol. The van der Waals surface area contributed by atoms with Crippen LogP contribution in [0.3, 0.4) is 0 Å². The number of hydrogen-bond acceptors (Lipinski definition) is 2. The Bertz CT molecular complexity index is 424. The van der Waals surface area contributed by atoms with Crippen LogP contribution in [0.5, 0.6) is 0 Å². The molecule has 2 aliphatic heterocycles. The summed E-state index contributed by atoms with van der Waals surface area (Å²) in [6.07, 6.45) is 3.97. The van der Waals surface area contributed by atoms with Crippen molar-refractivity contribution in [2.24, 2.45) is 0 Å². The van der Waals surface area contributed by atoms with Crippen LogP contribution in [0, 0.1) is 0 Å². The molecule has 90 valence electrons. The van der Waals surface area contributed by atoms with Gasteiger partial charge in [-0.2, -0.15) is 0 Å². The second kappa shape index (κ2) is 4.49. The quantitative estimate of drug-likeness (QED) is 0.839. The van der Waals surface area contributed by atoms with Gasteiger partial charge in [0.25, 0.3) is 0 Å². The third kappa shape index (κ3) is 2.07. The number of benzene rings is 1. The summed E-state index contributed by atoms with van der Waals surface area (Å²) in [5, 5.41) is 3.46. The largest absolute Gasteiger partial charge is 0.312 e. The first-order valence-corrected chi connectivity index (χ1v) is 6.46. The van der Waals surface area contributed by atoms with Crippen molar-refractivity contribution in [3.63, 3.8) is 0 Å². The molecule has 1 saturated heterocycles. The molecule has 1 amide bonds. The number of para-hydroxylation sites is 1. The van der Waals surface area contributed by atoms with Crippen LogP contribution in [0.1, 0.15) is 24.8 Å². The molecule has 3 rings (SSSR count). The van der Waals surface area contributed by atoms with Crippen LogP contribution >= 0.6 is 0 Å². The van der Waals surface area contributed by atoms with Gasteiger partial charge >= 0.3 is 0 Å². The molecule has 0 spiro atoms. The molecule has 1 aromatic carbocycles. The van der Waals surface area contributed by atoms with Crippen LogP contribution in [0.2, 0.25) is 0 Å². The Hall–Kier alpha value is -1.35. The molecular weight excluding hydrogens is 212 g/mol. The third-order valence-corrected chi connectivity index (χ3v) is 3.76. The van der Waals surface area contributed by atoms with E-state index < -0.39 is 0 Å². The average molecular weight is 230 g/mol. The van der Waals surface area contributed by atoms with Gasteiger partial charge in [-0.25, -0.2) is 0 Å². The SMILES string of the molecule is O=C1CCc2ccccc2N1CC1CCCN1. The molecule has 0 saturated carbocycles. The summed E-state index contributed by atoms with van der Waals surface area (Å²) in [6.45, 7) is 1.92. The number of carbonyl (C=O) groups is 1. The van der Waals surface area contributed by atoms with Crippen LogP contribution < -0.4 is 10.2 Å². The van der Waals surface area contributed by atoms with Gasteiger partial charge in [-0.05, 0) is 37.4 Å². The van der Waals surface area contributed by atoms with Gasteiger partial charge in [-0.15, -0.1) is 0 Å². The summed E-state index contributed by atoms with van der Waals surface area (Å²) in [6, 6.07) is 8.76. The minimum atomic E-state index is 0.275. The van der Waals surface area contributed by atoms with Crippen LogP contribution in [0.25, 0.3) is 0 Å². The first-order valence-electron chi connectivity index (χ1n) is 6.46. The summed E-state index contributed by atoms with van der Waals surface area (Å²) < 4.78 is 0. The maximum Gasteiger partial charge on any atom is 0.227 e. The van der Waals surface area contributed by atoms with E-state index in [1.807, 2.05) is 11.0 Å². The van der Waals surface area contributed by atoms with Crippen LogP contribution in [-0.2, 0) is 11.2 Å². The van der Waals surface area contributed by atoms with E-state index in [0.717, 1.165) is 25.2 Å². The van der Waals surface area contributed by atoms with Crippen molar-refractivity contribution in [2.75, 3.05) is 18.0 Å². The van der Waals surface area contributed by atoms with Gasteiger partial charge in [-0.3, -0.25) is 4.79 Å². The molecule has 3 heteroatoms. The highest BCUT2D eigenvalue weighted by atomic mass is 16.2. The fourth-order valence-electron chi connectivity index (χ4n) is 2.83. The zero-order valence-corrected chi connectivity index (χ0v) is 9.98. The zero-order chi connectivity index (χ0) is 11.7. The number of fused-ring (bicyclic) bond motifs is 1. The molecular formula is C14H18N2O. The van der Waals surface area contributed by atoms with Crippen molar-refractivity contribution in [2.45, 2.75) is 31.7 Å². The van der Waals surface area contributed by atoms with E-state index in [2.05, 4.69) is 23.5 Å². The third-order valence-electron chi connectivity index (χ3n) is 3.76. The molecule has 2 heterocycles. The van der Waals surface area contributed by atoms with E-state index in [1.54, 1.807) is 0 Å². The van der Waals surface area contributed by atoms with Crippen LogP contribution in [0.4, 0.5) is 5.69 Å². The lowest BCUT2D eigenvalue weighted by atomic mass is 10.0. The lowest BCUT2D eigenvalue weighted by Crippen LogP contribution is -2.43. The maximum absolute atomic E-state index is 12.0. The van der Waals surface area contributed by atoms with E-state index in [0.29, 0.717) is 12.5 Å². The number of anilines is 1. The lowest BCUT2D eigenvalue weighted by molar-refractivity contribution is -0.119. The van der Waals surface area contributed by atoms with Crippen molar-refractivity contribution in [1.29, 1.82) is 0 Å². The van der Waals surface area contributed by atoms with E-state index >= 15 is 0 Å². The molecule has 3 nitrogen and oxygen atoms in total. The summed E-state index contributed by atoms with van der Waals surface area (Å²) >= 11 is 0. The Kier molecular flexibility index (Phi) is 2.85. The molecule has 0 aromatic heterocycles. The zero-order valence-electron chi connectivity index (χ0n) is 9.98. The van der Waals surface area contributed by atoms with Crippen molar-refractivity contribution in [1.82, 2.24) is 5.32 Å². The summed E-state index contributed by atoms with van der Waals surface area (Å²) in [4.78, 5) is 14.0. The number of aryl methyl sites for hydroxylation is 1. The molecule has 2 aliphatic rings. The van der Waals surface area contributed by atoms with Gasteiger partial charge in [0.05, 0.1) is 0 Å². The molecule has 0 aliphatic carbocycles. The maximum atomic E-state index is 12.0. The number of carbonyl (C=O) groups excluding carboxylic acids is 1. The minimum absolute atomic E-state index is 0.275. The molecule has 1 fully saturated rings. The monoisotopic (exact) mass is 230 g/mol. The van der Waals surface area contributed by atoms with Gasteiger partial charge in [0.1, 0.15) is 0 Å². The van der Waals surface area contributed by atoms with Gasteiger partial charge < -0.3 is 10.2 Å². The van der Waals surface area contributed by atoms with E-state index in [4.69, 9.17) is 0 Å². The highest BCUT2D eigenvalue weighted by Crippen LogP contribution is 2.28. The normalized spacial score (nSPS) is 23.9. The highest BCUT2D eigenvalue weighted by molar-refractivity contribution is 5.96. The smallest absolute Gasteiger partial charge is 0.227 e. The van der Waals surface area contributed by atoms with Gasteiger partial charge in [0.15, 0.2) is 0 Å². The summed E-state index contributed by atoms with van der Waals surface area (Å²) in [5.74, 6) is 0.275. The fraction of sp³-hybridized carbons (Fsp3) is 0.500. The first-order chi connectivity index (χ1) is 8.34. The fourth-order valence-corrected chi connectivity index (χ4v) is 2.83. The number of amides is 1. The standard InChI is InChI=1S/C14H18N2O/c17-14-8-7-11-4-1-2-6-13(11)16(14)10-12-5-3-9-15-12/h1-2,4,6,12,15H,3,5,7-10H2. The minimum Gasteiger partial charge on any atom is -0.312 e. The predicted octanol–water partition coefficient (Wildman–Crippen LogP) is 1.72. The average Bonchev–Trinajstić information content (AvgIpc) is 2.86. The molecule has 0 bridgehead atoms. The van der Waals surface area contributed by atoms with Crippen LogP contribution in [-0.4, -0.2) is 25.0 Å². The molecule has 1 unspecified atom stereocenters. The molecule has 1 N–H and O–H groups in total. The second-order valence-electron chi connectivity index (χ2n) is 4.93. The Balaban J connectivity index is 1.84. The van der Waals surface area contributed by atoms with Gasteiger partial charge in [-0.1, -0.05) is 18.2 Å². The topological polar surface area (TPSA) is 32.3 Å². The Morgan fingerprint density at radius 3 is 3.00 bits per heavy atom. The Morgan fingerprint density at radius 2 is 2.18 bits per heavy atom. The number of nitrogens with one attached hydrogen (secondary N) is 1. The number of hydrogen-bond donors (Lipinski definition) is 1. The second-order valence-corrected chi connectivity index (χ2v) is 4.93. The molecule has 0 radical (unpaired) electrons.